The summed E-state index contributed by atoms with van der Waals surface area (Å²) in [4.78, 5) is 11.4. The van der Waals surface area contributed by atoms with E-state index in [1.54, 1.807) is 0 Å². The maximum atomic E-state index is 6.09. The van der Waals surface area contributed by atoms with Crippen LogP contribution in [-0.2, 0) is 5.54 Å². The largest absolute Gasteiger partial charge is 0.319 e. The van der Waals surface area contributed by atoms with Crippen molar-refractivity contribution in [3.05, 3.63) is 23.3 Å². The Morgan fingerprint density at radius 2 is 2.12 bits per heavy atom. The van der Waals surface area contributed by atoms with Gasteiger partial charge in [0.2, 0.25) is 0 Å². The molecule has 94 valence electrons. The highest BCUT2D eigenvalue weighted by Crippen LogP contribution is 2.26. The highest BCUT2D eigenvalue weighted by Gasteiger charge is 2.25. The van der Waals surface area contributed by atoms with Gasteiger partial charge in [-0.25, -0.2) is 9.97 Å². The minimum Gasteiger partial charge on any atom is -0.319 e. The molecule has 1 atom stereocenters. The second-order valence-electron chi connectivity index (χ2n) is 5.73. The summed E-state index contributed by atoms with van der Waals surface area (Å²) in [5, 5.41) is 0. The van der Waals surface area contributed by atoms with Crippen LogP contribution in [0.2, 0.25) is 0 Å². The lowest BCUT2D eigenvalue weighted by molar-refractivity contribution is 0.410. The van der Waals surface area contributed by atoms with Crippen LogP contribution in [0.15, 0.2) is 6.07 Å². The van der Waals surface area contributed by atoms with Crippen LogP contribution in [0.25, 0.3) is 0 Å². The number of hydrogen-bond donors (Lipinski definition) is 1. The number of likely N-dealkylation sites (tertiary alicyclic amines) is 1. The summed E-state index contributed by atoms with van der Waals surface area (Å²) in [5.41, 5.74) is 7.78. The van der Waals surface area contributed by atoms with Gasteiger partial charge in [0, 0.05) is 23.9 Å². The minimum absolute atomic E-state index is 0.467. The Balaban J connectivity index is 2.32. The van der Waals surface area contributed by atoms with E-state index < -0.39 is 5.54 Å². The molecule has 1 aromatic heterocycles. The first-order valence-electron chi connectivity index (χ1n) is 6.20. The van der Waals surface area contributed by atoms with E-state index in [0.29, 0.717) is 5.92 Å². The Morgan fingerprint density at radius 1 is 1.41 bits per heavy atom. The first-order valence-corrected chi connectivity index (χ1v) is 6.20. The Morgan fingerprint density at radius 3 is 2.65 bits per heavy atom. The van der Waals surface area contributed by atoms with Crippen molar-refractivity contribution in [3.63, 3.8) is 0 Å². The van der Waals surface area contributed by atoms with E-state index in [2.05, 4.69) is 28.0 Å². The highest BCUT2D eigenvalue weighted by atomic mass is 15.1. The van der Waals surface area contributed by atoms with Crippen LogP contribution < -0.4 is 5.73 Å². The van der Waals surface area contributed by atoms with E-state index in [4.69, 9.17) is 5.73 Å². The molecule has 1 unspecified atom stereocenters. The SMILES string of the molecule is Cc1cc(C2CCN(C)C2)nc(C(C)(C)N)n1. The third-order valence-electron chi connectivity index (χ3n) is 3.26. The van der Waals surface area contributed by atoms with Gasteiger partial charge in [0.15, 0.2) is 0 Å². The summed E-state index contributed by atoms with van der Waals surface area (Å²) in [5.74, 6) is 1.28. The van der Waals surface area contributed by atoms with Gasteiger partial charge in [-0.15, -0.1) is 0 Å². The lowest BCUT2D eigenvalue weighted by Crippen LogP contribution is -2.32. The van der Waals surface area contributed by atoms with E-state index in [0.717, 1.165) is 30.3 Å². The lowest BCUT2D eigenvalue weighted by Gasteiger charge is -2.19. The third kappa shape index (κ3) is 2.82. The van der Waals surface area contributed by atoms with Crippen molar-refractivity contribution in [3.8, 4) is 0 Å². The average molecular weight is 234 g/mol. The van der Waals surface area contributed by atoms with Crippen molar-refractivity contribution in [2.75, 3.05) is 20.1 Å². The average Bonchev–Trinajstić information content (AvgIpc) is 2.62. The van der Waals surface area contributed by atoms with E-state index >= 15 is 0 Å². The number of rotatable bonds is 2. The maximum Gasteiger partial charge on any atom is 0.148 e. The molecule has 1 aliphatic rings. The Bertz CT molecular complexity index is 408. The Kier molecular flexibility index (Phi) is 3.19. The van der Waals surface area contributed by atoms with Crippen LogP contribution in [0.5, 0.6) is 0 Å². The highest BCUT2D eigenvalue weighted by molar-refractivity contribution is 5.18. The topological polar surface area (TPSA) is 55.0 Å². The predicted molar refractivity (Wildman–Crippen MR) is 68.8 cm³/mol. The van der Waals surface area contributed by atoms with Gasteiger partial charge in [-0.2, -0.15) is 0 Å². The number of nitrogens with two attached hydrogens (primary N) is 1. The molecular weight excluding hydrogens is 212 g/mol. The quantitative estimate of drug-likeness (QED) is 0.840. The number of aryl methyl sites for hydroxylation is 1. The molecule has 4 nitrogen and oxygen atoms in total. The molecule has 0 spiro atoms. The molecule has 1 aliphatic heterocycles. The molecule has 2 N–H and O–H groups in total. The van der Waals surface area contributed by atoms with Crippen LogP contribution in [0, 0.1) is 6.92 Å². The van der Waals surface area contributed by atoms with Crippen LogP contribution >= 0.6 is 0 Å². The van der Waals surface area contributed by atoms with Crippen molar-refractivity contribution >= 4 is 0 Å². The zero-order valence-corrected chi connectivity index (χ0v) is 11.2. The summed E-state index contributed by atoms with van der Waals surface area (Å²) in [7, 11) is 2.15. The Labute approximate surface area is 103 Å². The maximum absolute atomic E-state index is 6.09. The summed E-state index contributed by atoms with van der Waals surface area (Å²) in [6, 6.07) is 2.10. The smallest absolute Gasteiger partial charge is 0.148 e. The minimum atomic E-state index is -0.467. The van der Waals surface area contributed by atoms with Crippen LogP contribution in [-0.4, -0.2) is 35.0 Å². The normalized spacial score (nSPS) is 22.1. The molecule has 2 rings (SSSR count). The molecule has 1 saturated heterocycles. The molecule has 1 aromatic rings. The summed E-state index contributed by atoms with van der Waals surface area (Å²) in [6.45, 7) is 8.15. The number of likely N-dealkylation sites (N-methyl/N-ethyl adjacent to an activating group) is 1. The van der Waals surface area contributed by atoms with Gasteiger partial charge in [0.25, 0.3) is 0 Å². The molecule has 0 saturated carbocycles. The summed E-state index contributed by atoms with van der Waals surface area (Å²) in [6.07, 6.45) is 1.18. The molecule has 17 heavy (non-hydrogen) atoms. The molecule has 0 bridgehead atoms. The van der Waals surface area contributed by atoms with Crippen molar-refractivity contribution in [1.82, 2.24) is 14.9 Å². The van der Waals surface area contributed by atoms with Gasteiger partial charge in [0.05, 0.1) is 5.54 Å². The van der Waals surface area contributed by atoms with Crippen LogP contribution in [0.1, 0.15) is 43.4 Å². The molecule has 1 fully saturated rings. The molecule has 0 radical (unpaired) electrons. The first kappa shape index (κ1) is 12.5. The fourth-order valence-corrected chi connectivity index (χ4v) is 2.27. The lowest BCUT2D eigenvalue weighted by atomic mass is 10.0. The van der Waals surface area contributed by atoms with Gasteiger partial charge >= 0.3 is 0 Å². The van der Waals surface area contributed by atoms with Crippen molar-refractivity contribution in [2.24, 2.45) is 5.73 Å². The molecule has 0 aliphatic carbocycles. The number of nitrogens with zero attached hydrogens (tertiary/aromatic N) is 3. The predicted octanol–water partition coefficient (Wildman–Crippen LogP) is 1.40. The fourth-order valence-electron chi connectivity index (χ4n) is 2.27. The van der Waals surface area contributed by atoms with E-state index in [9.17, 15) is 0 Å². The third-order valence-corrected chi connectivity index (χ3v) is 3.26. The fraction of sp³-hybridized carbons (Fsp3) is 0.692. The first-order chi connectivity index (χ1) is 7.86. The van der Waals surface area contributed by atoms with E-state index in [1.807, 2.05) is 20.8 Å². The summed E-state index contributed by atoms with van der Waals surface area (Å²) >= 11 is 0. The number of aromatic nitrogens is 2. The number of hydrogen-bond acceptors (Lipinski definition) is 4. The zero-order valence-electron chi connectivity index (χ0n) is 11.2. The summed E-state index contributed by atoms with van der Waals surface area (Å²) < 4.78 is 0. The van der Waals surface area contributed by atoms with Crippen LogP contribution in [0.4, 0.5) is 0 Å². The molecule has 4 heteroatoms. The Hall–Kier alpha value is -1.00. The van der Waals surface area contributed by atoms with Crippen molar-refractivity contribution in [2.45, 2.75) is 38.6 Å². The monoisotopic (exact) mass is 234 g/mol. The molecule has 0 amide bonds. The molecule has 2 heterocycles. The van der Waals surface area contributed by atoms with E-state index in [-0.39, 0.29) is 0 Å². The second-order valence-corrected chi connectivity index (χ2v) is 5.73. The molecular formula is C13H22N4. The van der Waals surface area contributed by atoms with Gasteiger partial charge < -0.3 is 10.6 Å². The van der Waals surface area contributed by atoms with Gasteiger partial charge in [-0.1, -0.05) is 0 Å². The van der Waals surface area contributed by atoms with E-state index in [1.165, 1.54) is 6.42 Å². The van der Waals surface area contributed by atoms with Gasteiger partial charge in [0.1, 0.15) is 5.82 Å². The second kappa shape index (κ2) is 4.35. The van der Waals surface area contributed by atoms with Crippen molar-refractivity contribution < 1.29 is 0 Å². The van der Waals surface area contributed by atoms with Crippen LogP contribution in [0.3, 0.4) is 0 Å². The van der Waals surface area contributed by atoms with Crippen molar-refractivity contribution in [1.29, 1.82) is 0 Å². The van der Waals surface area contributed by atoms with Gasteiger partial charge in [-0.3, -0.25) is 0 Å². The van der Waals surface area contributed by atoms with Gasteiger partial charge in [-0.05, 0) is 46.9 Å². The standard InChI is InChI=1S/C13H22N4/c1-9-7-11(10-5-6-17(4)8-10)16-12(15-9)13(2,3)14/h7,10H,5-6,8,14H2,1-4H3. The molecule has 0 aromatic carbocycles. The zero-order chi connectivity index (χ0) is 12.6.